The van der Waals surface area contributed by atoms with Crippen LogP contribution in [0.1, 0.15) is 63.9 Å². The molecule has 0 saturated carbocycles. The first kappa shape index (κ1) is 19.6. The van der Waals surface area contributed by atoms with Gasteiger partial charge in [-0.05, 0) is 59.0 Å². The molecule has 7 heteroatoms. The molecule has 1 spiro atoms. The van der Waals surface area contributed by atoms with Crippen LogP contribution in [0.25, 0.3) is 0 Å². The second-order valence-electron chi connectivity index (χ2n) is 9.44. The number of likely N-dealkylation sites (tertiary alicyclic amines) is 2. The van der Waals surface area contributed by atoms with Gasteiger partial charge in [0.1, 0.15) is 12.2 Å². The molecule has 28 heavy (non-hydrogen) atoms. The van der Waals surface area contributed by atoms with Gasteiger partial charge in [-0.25, -0.2) is 0 Å². The fourth-order valence-electron chi connectivity index (χ4n) is 5.03. The Balaban J connectivity index is 1.46. The van der Waals surface area contributed by atoms with E-state index in [4.69, 9.17) is 0 Å². The van der Waals surface area contributed by atoms with Crippen LogP contribution in [0.3, 0.4) is 0 Å². The molecule has 2 aliphatic rings. The van der Waals surface area contributed by atoms with Crippen LogP contribution >= 0.6 is 0 Å². The Morgan fingerprint density at radius 2 is 1.89 bits per heavy atom. The van der Waals surface area contributed by atoms with E-state index in [-0.39, 0.29) is 0 Å². The second kappa shape index (κ2) is 7.59. The normalized spacial score (nSPS) is 23.5. The van der Waals surface area contributed by atoms with Crippen LogP contribution in [0.15, 0.2) is 18.7 Å². The third-order valence-corrected chi connectivity index (χ3v) is 6.90. The Labute approximate surface area is 168 Å². The molecule has 154 valence electrons. The number of hydrogen-bond donors (Lipinski definition) is 0. The van der Waals surface area contributed by atoms with Crippen LogP contribution in [0.5, 0.6) is 0 Å². The topological polar surface area (TPSA) is 55.0 Å². The molecular formula is C21H35N7. The summed E-state index contributed by atoms with van der Waals surface area (Å²) in [6.45, 7) is 14.6. The average Bonchev–Trinajstić information content (AvgIpc) is 3.36. The van der Waals surface area contributed by atoms with Crippen molar-refractivity contribution in [3.63, 3.8) is 0 Å². The van der Waals surface area contributed by atoms with Crippen molar-refractivity contribution < 1.29 is 0 Å². The van der Waals surface area contributed by atoms with Gasteiger partial charge >= 0.3 is 0 Å². The quantitative estimate of drug-likeness (QED) is 0.792. The first-order valence-corrected chi connectivity index (χ1v) is 10.7. The lowest BCUT2D eigenvalue weighted by atomic mass is 9.70. The number of aryl methyl sites for hydroxylation is 1. The van der Waals surface area contributed by atoms with E-state index < -0.39 is 0 Å². The zero-order valence-corrected chi connectivity index (χ0v) is 18.0. The molecule has 2 aliphatic heterocycles. The average molecular weight is 386 g/mol. The molecule has 7 nitrogen and oxygen atoms in total. The third kappa shape index (κ3) is 3.62. The van der Waals surface area contributed by atoms with E-state index in [2.05, 4.69) is 75.3 Å². The Hall–Kier alpha value is -1.73. The summed E-state index contributed by atoms with van der Waals surface area (Å²) in [6, 6.07) is 1.00. The number of hydrogen-bond acceptors (Lipinski definition) is 5. The molecule has 2 fully saturated rings. The van der Waals surface area contributed by atoms with E-state index in [0.29, 0.717) is 23.4 Å². The van der Waals surface area contributed by atoms with Crippen LogP contribution in [0.2, 0.25) is 0 Å². The zero-order valence-electron chi connectivity index (χ0n) is 18.0. The van der Waals surface area contributed by atoms with Gasteiger partial charge in [0, 0.05) is 56.4 Å². The number of aromatic nitrogens is 5. The maximum atomic E-state index is 4.51. The summed E-state index contributed by atoms with van der Waals surface area (Å²) >= 11 is 0. The molecule has 1 unspecified atom stereocenters. The van der Waals surface area contributed by atoms with Gasteiger partial charge in [-0.1, -0.05) is 0 Å². The van der Waals surface area contributed by atoms with Crippen LogP contribution in [0, 0.1) is 5.41 Å². The van der Waals surface area contributed by atoms with Crippen LogP contribution in [-0.2, 0) is 13.6 Å². The lowest BCUT2D eigenvalue weighted by Crippen LogP contribution is -2.44. The molecule has 0 bridgehead atoms. The summed E-state index contributed by atoms with van der Waals surface area (Å²) in [5, 5.41) is 13.2. The molecule has 4 heterocycles. The van der Waals surface area contributed by atoms with Crippen molar-refractivity contribution in [1.29, 1.82) is 0 Å². The van der Waals surface area contributed by atoms with Gasteiger partial charge in [0.25, 0.3) is 0 Å². The molecule has 2 aromatic heterocycles. The van der Waals surface area contributed by atoms with Crippen molar-refractivity contribution in [2.45, 2.75) is 65.1 Å². The molecule has 0 aromatic carbocycles. The molecule has 2 aromatic rings. The predicted molar refractivity (Wildman–Crippen MR) is 110 cm³/mol. The summed E-state index contributed by atoms with van der Waals surface area (Å²) in [5.74, 6) is 1.64. The summed E-state index contributed by atoms with van der Waals surface area (Å²) in [4.78, 5) is 5.24. The maximum absolute atomic E-state index is 4.51. The van der Waals surface area contributed by atoms with Gasteiger partial charge in [0.2, 0.25) is 0 Å². The monoisotopic (exact) mass is 385 g/mol. The summed E-state index contributed by atoms with van der Waals surface area (Å²) < 4.78 is 4.19. The van der Waals surface area contributed by atoms with E-state index in [1.54, 1.807) is 0 Å². The minimum absolute atomic E-state index is 0.323. The highest BCUT2D eigenvalue weighted by Crippen LogP contribution is 2.49. The summed E-state index contributed by atoms with van der Waals surface area (Å²) in [5.41, 5.74) is 1.65. The van der Waals surface area contributed by atoms with Crippen molar-refractivity contribution in [2.24, 2.45) is 12.5 Å². The maximum Gasteiger partial charge on any atom is 0.137 e. The fraction of sp³-hybridized carbons (Fsp3) is 0.762. The van der Waals surface area contributed by atoms with Gasteiger partial charge in [-0.3, -0.25) is 14.5 Å². The summed E-state index contributed by atoms with van der Waals surface area (Å²) in [6.07, 6.45) is 8.54. The van der Waals surface area contributed by atoms with E-state index >= 15 is 0 Å². The van der Waals surface area contributed by atoms with Crippen LogP contribution in [0.4, 0.5) is 0 Å². The van der Waals surface area contributed by atoms with Crippen molar-refractivity contribution >= 4 is 0 Å². The van der Waals surface area contributed by atoms with E-state index in [1.807, 2.05) is 12.5 Å². The van der Waals surface area contributed by atoms with Gasteiger partial charge in [0.15, 0.2) is 0 Å². The minimum Gasteiger partial charge on any atom is -0.320 e. The Bertz CT molecular complexity index is 782. The van der Waals surface area contributed by atoms with Crippen LogP contribution in [-0.4, -0.2) is 66.6 Å². The Morgan fingerprint density at radius 3 is 2.46 bits per heavy atom. The van der Waals surface area contributed by atoms with Gasteiger partial charge in [-0.2, -0.15) is 5.10 Å². The molecule has 1 atom stereocenters. The SMILES string of the molecule is CC(C)N1CC(c2nncn2C)C2(CCN(Cc3cnn(C(C)C)c3)CC2)C1. The highest BCUT2D eigenvalue weighted by molar-refractivity contribution is 5.14. The zero-order chi connectivity index (χ0) is 19.9. The molecule has 0 N–H and O–H groups in total. The van der Waals surface area contributed by atoms with E-state index in [1.165, 1.54) is 24.9 Å². The largest absolute Gasteiger partial charge is 0.320 e. The van der Waals surface area contributed by atoms with Gasteiger partial charge in [0.05, 0.1) is 6.20 Å². The number of nitrogens with zero attached hydrogens (tertiary/aromatic N) is 7. The van der Waals surface area contributed by atoms with E-state index in [0.717, 1.165) is 32.0 Å². The highest BCUT2D eigenvalue weighted by atomic mass is 15.3. The number of piperidine rings is 1. The molecule has 0 radical (unpaired) electrons. The lowest BCUT2D eigenvalue weighted by Gasteiger charge is -2.42. The minimum atomic E-state index is 0.323. The van der Waals surface area contributed by atoms with Crippen molar-refractivity contribution in [3.05, 3.63) is 30.1 Å². The summed E-state index contributed by atoms with van der Waals surface area (Å²) in [7, 11) is 2.09. The van der Waals surface area contributed by atoms with Crippen molar-refractivity contribution in [3.8, 4) is 0 Å². The van der Waals surface area contributed by atoms with E-state index in [9.17, 15) is 0 Å². The molecule has 0 amide bonds. The molecule has 0 aliphatic carbocycles. The van der Waals surface area contributed by atoms with Crippen LogP contribution < -0.4 is 0 Å². The fourth-order valence-corrected chi connectivity index (χ4v) is 5.03. The van der Waals surface area contributed by atoms with Crippen molar-refractivity contribution in [2.75, 3.05) is 26.2 Å². The third-order valence-electron chi connectivity index (χ3n) is 6.90. The van der Waals surface area contributed by atoms with Gasteiger partial charge < -0.3 is 4.57 Å². The smallest absolute Gasteiger partial charge is 0.137 e. The standard InChI is InChI=1S/C21H35N7/c1-16(2)27-13-19(20-24-22-15-25(20)5)21(14-27)6-8-26(9-7-21)11-18-10-23-28(12-18)17(3)4/h10,12,15-17,19H,6-9,11,13-14H2,1-5H3. The second-order valence-corrected chi connectivity index (χ2v) is 9.44. The Kier molecular flexibility index (Phi) is 5.31. The first-order valence-electron chi connectivity index (χ1n) is 10.7. The number of rotatable bonds is 5. The predicted octanol–water partition coefficient (Wildman–Crippen LogP) is 2.68. The highest BCUT2D eigenvalue weighted by Gasteiger charge is 2.50. The molecule has 4 rings (SSSR count). The first-order chi connectivity index (χ1) is 13.4. The molecular weight excluding hydrogens is 350 g/mol. The Morgan fingerprint density at radius 1 is 1.14 bits per heavy atom. The van der Waals surface area contributed by atoms with Crippen molar-refractivity contribution in [1.82, 2.24) is 34.3 Å². The van der Waals surface area contributed by atoms with Gasteiger partial charge in [-0.15, -0.1) is 10.2 Å². The lowest BCUT2D eigenvalue weighted by molar-refractivity contribution is 0.0865. The molecule has 2 saturated heterocycles.